The summed E-state index contributed by atoms with van der Waals surface area (Å²) in [4.78, 5) is 0. The van der Waals surface area contributed by atoms with Crippen LogP contribution in [-0.2, 0) is 0 Å². The molecule has 3 atom stereocenters. The van der Waals surface area contributed by atoms with Gasteiger partial charge in [-0.25, -0.2) is 0 Å². The number of fused-ring (bicyclic) bond motifs is 2. The second-order valence-corrected chi connectivity index (χ2v) is 5.79. The highest BCUT2D eigenvalue weighted by Gasteiger charge is 2.49. The lowest BCUT2D eigenvalue weighted by molar-refractivity contribution is 0.0909. The molecule has 12 heavy (non-hydrogen) atoms. The standard InChI is InChI=1S/C12H22/c1-4-10-5-6-11(2)7-8-12(10,3)9-11/h10H,4-9H2,1-3H3. The highest BCUT2D eigenvalue weighted by atomic mass is 14.5. The van der Waals surface area contributed by atoms with Crippen LogP contribution >= 0.6 is 0 Å². The van der Waals surface area contributed by atoms with Crippen molar-refractivity contribution in [1.82, 2.24) is 0 Å². The summed E-state index contributed by atoms with van der Waals surface area (Å²) >= 11 is 0. The van der Waals surface area contributed by atoms with Gasteiger partial charge in [-0.2, -0.15) is 0 Å². The molecule has 0 aromatic carbocycles. The first-order chi connectivity index (χ1) is 5.58. The van der Waals surface area contributed by atoms with E-state index in [0.717, 1.165) is 16.7 Å². The SMILES string of the molecule is CCC1CCC2(C)CCC1(C)C2. The molecule has 0 aromatic rings. The first kappa shape index (κ1) is 8.59. The maximum atomic E-state index is 2.53. The van der Waals surface area contributed by atoms with Crippen LogP contribution in [-0.4, -0.2) is 0 Å². The van der Waals surface area contributed by atoms with E-state index in [1.807, 2.05) is 0 Å². The molecule has 70 valence electrons. The van der Waals surface area contributed by atoms with Crippen LogP contribution in [0.15, 0.2) is 0 Å². The zero-order valence-corrected chi connectivity index (χ0v) is 8.82. The Kier molecular flexibility index (Phi) is 1.79. The molecule has 2 aliphatic rings. The van der Waals surface area contributed by atoms with E-state index in [4.69, 9.17) is 0 Å². The minimum atomic E-state index is 0.724. The van der Waals surface area contributed by atoms with E-state index in [-0.39, 0.29) is 0 Å². The van der Waals surface area contributed by atoms with Crippen molar-refractivity contribution in [3.05, 3.63) is 0 Å². The summed E-state index contributed by atoms with van der Waals surface area (Å²) in [5, 5.41) is 0. The monoisotopic (exact) mass is 166 g/mol. The lowest BCUT2D eigenvalue weighted by atomic mass is 9.64. The summed E-state index contributed by atoms with van der Waals surface area (Å²) in [6, 6.07) is 0. The van der Waals surface area contributed by atoms with Gasteiger partial charge in [0.1, 0.15) is 0 Å². The molecular formula is C12H22. The fraction of sp³-hybridized carbons (Fsp3) is 1.00. The zero-order valence-electron chi connectivity index (χ0n) is 8.82. The summed E-state index contributed by atoms with van der Waals surface area (Å²) in [7, 11) is 0. The van der Waals surface area contributed by atoms with E-state index >= 15 is 0 Å². The van der Waals surface area contributed by atoms with Crippen molar-refractivity contribution in [2.45, 2.75) is 59.3 Å². The normalized spacial score (nSPS) is 52.8. The second kappa shape index (κ2) is 2.49. The highest BCUT2D eigenvalue weighted by Crippen LogP contribution is 2.61. The highest BCUT2D eigenvalue weighted by molar-refractivity contribution is 5.00. The molecule has 0 aliphatic heterocycles. The Morgan fingerprint density at radius 2 is 1.92 bits per heavy atom. The van der Waals surface area contributed by atoms with Gasteiger partial charge < -0.3 is 0 Å². The van der Waals surface area contributed by atoms with Crippen molar-refractivity contribution in [3.8, 4) is 0 Å². The van der Waals surface area contributed by atoms with E-state index in [2.05, 4.69) is 20.8 Å². The smallest absolute Gasteiger partial charge is 0.0292 e. The van der Waals surface area contributed by atoms with E-state index in [9.17, 15) is 0 Å². The summed E-state index contributed by atoms with van der Waals surface area (Å²) in [5.41, 5.74) is 1.46. The molecule has 0 heterocycles. The number of hydrogen-bond acceptors (Lipinski definition) is 0. The minimum Gasteiger partial charge on any atom is -0.0651 e. The Balaban J connectivity index is 2.18. The lowest BCUT2D eigenvalue weighted by Crippen LogP contribution is -2.31. The van der Waals surface area contributed by atoms with Crippen molar-refractivity contribution in [2.75, 3.05) is 0 Å². The van der Waals surface area contributed by atoms with Crippen molar-refractivity contribution in [3.63, 3.8) is 0 Å². The van der Waals surface area contributed by atoms with Crippen LogP contribution in [0.4, 0.5) is 0 Å². The average Bonchev–Trinajstić information content (AvgIpc) is 2.24. The van der Waals surface area contributed by atoms with Crippen LogP contribution in [0.25, 0.3) is 0 Å². The summed E-state index contributed by atoms with van der Waals surface area (Å²) in [6.07, 6.45) is 8.93. The molecule has 3 unspecified atom stereocenters. The predicted molar refractivity (Wildman–Crippen MR) is 53.1 cm³/mol. The predicted octanol–water partition coefficient (Wildman–Crippen LogP) is 4.00. The fourth-order valence-corrected chi connectivity index (χ4v) is 3.87. The van der Waals surface area contributed by atoms with E-state index in [1.165, 1.54) is 38.5 Å². The largest absolute Gasteiger partial charge is 0.0651 e. The van der Waals surface area contributed by atoms with Gasteiger partial charge in [0, 0.05) is 0 Å². The minimum absolute atomic E-state index is 0.724. The molecule has 2 saturated carbocycles. The van der Waals surface area contributed by atoms with Crippen molar-refractivity contribution in [2.24, 2.45) is 16.7 Å². The zero-order chi connectivity index (χ0) is 8.82. The van der Waals surface area contributed by atoms with Crippen LogP contribution in [0.2, 0.25) is 0 Å². The van der Waals surface area contributed by atoms with Crippen LogP contribution in [0.1, 0.15) is 59.3 Å². The van der Waals surface area contributed by atoms with Gasteiger partial charge in [-0.1, -0.05) is 27.2 Å². The molecule has 0 radical (unpaired) electrons. The Bertz CT molecular complexity index is 184. The van der Waals surface area contributed by atoms with Crippen LogP contribution < -0.4 is 0 Å². The lowest BCUT2D eigenvalue weighted by Gasteiger charge is -2.41. The van der Waals surface area contributed by atoms with Gasteiger partial charge in [0.2, 0.25) is 0 Å². The summed E-state index contributed by atoms with van der Waals surface area (Å²) in [6.45, 7) is 7.41. The first-order valence-electron chi connectivity index (χ1n) is 5.58. The molecule has 0 saturated heterocycles. The molecule has 2 aliphatic carbocycles. The molecule has 0 heteroatoms. The maximum absolute atomic E-state index is 2.53. The molecular weight excluding hydrogens is 144 g/mol. The third-order valence-electron chi connectivity index (χ3n) is 4.71. The molecule has 0 spiro atoms. The molecule has 2 bridgehead atoms. The van der Waals surface area contributed by atoms with Crippen molar-refractivity contribution < 1.29 is 0 Å². The molecule has 0 amide bonds. The maximum Gasteiger partial charge on any atom is -0.0292 e. The van der Waals surface area contributed by atoms with E-state index in [0.29, 0.717) is 0 Å². The van der Waals surface area contributed by atoms with Gasteiger partial charge in [0.05, 0.1) is 0 Å². The summed E-state index contributed by atoms with van der Waals surface area (Å²) in [5.74, 6) is 1.04. The quantitative estimate of drug-likeness (QED) is 0.552. The third-order valence-corrected chi connectivity index (χ3v) is 4.71. The first-order valence-corrected chi connectivity index (χ1v) is 5.58. The van der Waals surface area contributed by atoms with Gasteiger partial charge in [-0.05, 0) is 48.9 Å². The van der Waals surface area contributed by atoms with E-state index < -0.39 is 0 Å². The molecule has 0 aromatic heterocycles. The molecule has 2 rings (SSSR count). The van der Waals surface area contributed by atoms with Crippen LogP contribution in [0.5, 0.6) is 0 Å². The Hall–Kier alpha value is 0. The Morgan fingerprint density at radius 1 is 1.17 bits per heavy atom. The van der Waals surface area contributed by atoms with Crippen molar-refractivity contribution in [1.29, 1.82) is 0 Å². The van der Waals surface area contributed by atoms with Gasteiger partial charge in [0.25, 0.3) is 0 Å². The fourth-order valence-electron chi connectivity index (χ4n) is 3.87. The van der Waals surface area contributed by atoms with E-state index in [1.54, 1.807) is 0 Å². The third kappa shape index (κ3) is 1.11. The van der Waals surface area contributed by atoms with Gasteiger partial charge in [0.15, 0.2) is 0 Å². The second-order valence-electron chi connectivity index (χ2n) is 5.79. The molecule has 2 fully saturated rings. The van der Waals surface area contributed by atoms with Crippen molar-refractivity contribution >= 4 is 0 Å². The van der Waals surface area contributed by atoms with Gasteiger partial charge in [-0.15, -0.1) is 0 Å². The average molecular weight is 166 g/mol. The Morgan fingerprint density at radius 3 is 2.58 bits per heavy atom. The topological polar surface area (TPSA) is 0 Å². The van der Waals surface area contributed by atoms with Gasteiger partial charge >= 0.3 is 0 Å². The van der Waals surface area contributed by atoms with Gasteiger partial charge in [-0.3, -0.25) is 0 Å². The van der Waals surface area contributed by atoms with Crippen LogP contribution in [0.3, 0.4) is 0 Å². The summed E-state index contributed by atoms with van der Waals surface area (Å²) < 4.78 is 0. The molecule has 0 nitrogen and oxygen atoms in total. The number of rotatable bonds is 1. The Labute approximate surface area is 76.7 Å². The number of hydrogen-bond donors (Lipinski definition) is 0. The molecule has 0 N–H and O–H groups in total. The van der Waals surface area contributed by atoms with Crippen LogP contribution in [0, 0.1) is 16.7 Å².